The fourth-order valence-corrected chi connectivity index (χ4v) is 3.28. The molecular formula is C20H21ClF3NO9. The van der Waals surface area contributed by atoms with Crippen molar-refractivity contribution in [3.05, 3.63) is 44.0 Å². The third-order valence-corrected chi connectivity index (χ3v) is 4.66. The second kappa shape index (κ2) is 10.4. The van der Waals surface area contributed by atoms with Crippen molar-refractivity contribution in [2.45, 2.75) is 51.5 Å². The van der Waals surface area contributed by atoms with Crippen LogP contribution in [0, 0.1) is 10.1 Å². The van der Waals surface area contributed by atoms with Crippen LogP contribution >= 0.6 is 11.6 Å². The molecule has 0 amide bonds. The minimum absolute atomic E-state index is 0.112. The number of esters is 1. The van der Waals surface area contributed by atoms with Crippen LogP contribution in [0.2, 0.25) is 5.02 Å². The van der Waals surface area contributed by atoms with E-state index in [1.165, 1.54) is 19.1 Å². The van der Waals surface area contributed by atoms with Gasteiger partial charge in [-0.2, -0.15) is 13.2 Å². The number of carbonyl (C=O) groups excluding carboxylic acids is 2. The first-order valence-electron chi connectivity index (χ1n) is 9.66. The number of ether oxygens (including phenoxy) is 4. The van der Waals surface area contributed by atoms with Crippen LogP contribution in [-0.2, 0) is 29.3 Å². The van der Waals surface area contributed by atoms with Gasteiger partial charge in [0.15, 0.2) is 0 Å². The van der Waals surface area contributed by atoms with Gasteiger partial charge >= 0.3 is 18.3 Å². The Balaban J connectivity index is 2.11. The fourth-order valence-electron chi connectivity index (χ4n) is 2.82. The Morgan fingerprint density at radius 2 is 1.85 bits per heavy atom. The molecule has 2 atom stereocenters. The van der Waals surface area contributed by atoms with E-state index in [4.69, 9.17) is 16.3 Å². The second-order valence-corrected chi connectivity index (χ2v) is 8.56. The van der Waals surface area contributed by atoms with Crippen molar-refractivity contribution in [1.29, 1.82) is 0 Å². The van der Waals surface area contributed by atoms with Gasteiger partial charge < -0.3 is 23.8 Å². The van der Waals surface area contributed by atoms with Crippen molar-refractivity contribution in [2.24, 2.45) is 0 Å². The predicted octanol–water partition coefficient (Wildman–Crippen LogP) is 4.59. The Labute approximate surface area is 196 Å². The van der Waals surface area contributed by atoms with Crippen LogP contribution in [0.5, 0.6) is 5.75 Å². The molecule has 0 saturated heterocycles. The number of hydrogen-bond donors (Lipinski definition) is 0. The molecule has 1 aromatic rings. The summed E-state index contributed by atoms with van der Waals surface area (Å²) in [4.78, 5) is 38.0. The molecule has 0 bridgehead atoms. The van der Waals surface area contributed by atoms with Gasteiger partial charge in [-0.05, 0) is 36.1 Å². The summed E-state index contributed by atoms with van der Waals surface area (Å²) in [5, 5.41) is 9.34. The highest BCUT2D eigenvalue weighted by Crippen LogP contribution is 2.42. The zero-order valence-corrected chi connectivity index (χ0v) is 19.2. The minimum atomic E-state index is -4.96. The topological polar surface area (TPSA) is 123 Å². The summed E-state index contributed by atoms with van der Waals surface area (Å²) in [5.41, 5.74) is -0.682. The predicted molar refractivity (Wildman–Crippen MR) is 110 cm³/mol. The standard InChI is InChI=1S/C20H21ClF3NO9/c1-10(34-25(28)29)8-30-18(27)32-9-31-17(26)12-5-11-6-14(21)13(19(2,3)4)7-15(11)33-16(12)20(22,23)24/h5-7,10,16H,8-9H2,1-4H3/t10-,16?/m0/s1. The molecule has 34 heavy (non-hydrogen) atoms. The second-order valence-electron chi connectivity index (χ2n) is 8.15. The maximum absolute atomic E-state index is 13.6. The zero-order valence-electron chi connectivity index (χ0n) is 18.4. The molecule has 1 unspecified atom stereocenters. The van der Waals surface area contributed by atoms with E-state index in [1.807, 2.05) is 20.8 Å². The molecule has 1 aliphatic rings. The molecule has 2 rings (SSSR count). The van der Waals surface area contributed by atoms with E-state index in [0.717, 1.165) is 6.08 Å². The van der Waals surface area contributed by atoms with E-state index < -0.39 is 60.0 Å². The number of hydrogen-bond acceptors (Lipinski definition) is 9. The molecule has 10 nitrogen and oxygen atoms in total. The summed E-state index contributed by atoms with van der Waals surface area (Å²) in [6, 6.07) is 2.76. The van der Waals surface area contributed by atoms with Crippen LogP contribution in [0.25, 0.3) is 6.08 Å². The number of carbonyl (C=O) groups is 2. The van der Waals surface area contributed by atoms with E-state index in [2.05, 4.69) is 19.0 Å². The smallest absolute Gasteiger partial charge is 0.475 e. The van der Waals surface area contributed by atoms with Crippen LogP contribution < -0.4 is 4.74 Å². The summed E-state index contributed by atoms with van der Waals surface area (Å²) in [6.45, 7) is 5.06. The third-order valence-electron chi connectivity index (χ3n) is 4.35. The first-order valence-corrected chi connectivity index (χ1v) is 10.0. The first-order chi connectivity index (χ1) is 15.6. The van der Waals surface area contributed by atoms with E-state index >= 15 is 0 Å². The number of alkyl halides is 3. The van der Waals surface area contributed by atoms with Crippen molar-refractivity contribution in [3.63, 3.8) is 0 Å². The van der Waals surface area contributed by atoms with E-state index in [-0.39, 0.29) is 16.3 Å². The maximum Gasteiger partial charge on any atom is 0.511 e. The van der Waals surface area contributed by atoms with Crippen LogP contribution in [-0.4, -0.2) is 49.0 Å². The van der Waals surface area contributed by atoms with Crippen molar-refractivity contribution < 1.29 is 51.6 Å². The summed E-state index contributed by atoms with van der Waals surface area (Å²) in [5.74, 6) is -1.57. The van der Waals surface area contributed by atoms with Gasteiger partial charge in [-0.25, -0.2) is 9.59 Å². The molecule has 14 heteroatoms. The number of halogens is 4. The molecule has 0 aliphatic carbocycles. The van der Waals surface area contributed by atoms with Gasteiger partial charge in [-0.15, -0.1) is 10.1 Å². The highest BCUT2D eigenvalue weighted by Gasteiger charge is 2.49. The van der Waals surface area contributed by atoms with Crippen LogP contribution in [0.4, 0.5) is 18.0 Å². The van der Waals surface area contributed by atoms with Gasteiger partial charge in [-0.1, -0.05) is 32.4 Å². The van der Waals surface area contributed by atoms with Crippen molar-refractivity contribution >= 4 is 29.8 Å². The normalized spacial score (nSPS) is 16.4. The summed E-state index contributed by atoms with van der Waals surface area (Å²) >= 11 is 6.26. The maximum atomic E-state index is 13.6. The van der Waals surface area contributed by atoms with E-state index in [0.29, 0.717) is 5.56 Å². The van der Waals surface area contributed by atoms with Crippen LogP contribution in [0.3, 0.4) is 0 Å². The van der Waals surface area contributed by atoms with Crippen molar-refractivity contribution in [1.82, 2.24) is 0 Å². The van der Waals surface area contributed by atoms with Gasteiger partial charge in [0.2, 0.25) is 12.9 Å². The Kier molecular flexibility index (Phi) is 8.24. The quantitative estimate of drug-likeness (QED) is 0.223. The molecule has 0 saturated carbocycles. The zero-order chi connectivity index (χ0) is 25.8. The first kappa shape index (κ1) is 27.0. The Bertz CT molecular complexity index is 989. The van der Waals surface area contributed by atoms with E-state index in [1.54, 1.807) is 0 Å². The van der Waals surface area contributed by atoms with Crippen LogP contribution in [0.1, 0.15) is 38.8 Å². The van der Waals surface area contributed by atoms with Crippen molar-refractivity contribution in [3.8, 4) is 5.75 Å². The highest BCUT2D eigenvalue weighted by molar-refractivity contribution is 6.31. The largest absolute Gasteiger partial charge is 0.511 e. The molecule has 1 aromatic carbocycles. The number of benzene rings is 1. The average Bonchev–Trinajstić information content (AvgIpc) is 2.68. The number of fused-ring (bicyclic) bond motifs is 1. The molecule has 0 N–H and O–H groups in total. The fraction of sp³-hybridized carbons (Fsp3) is 0.500. The van der Waals surface area contributed by atoms with Crippen molar-refractivity contribution in [2.75, 3.05) is 13.4 Å². The number of rotatable bonds is 7. The molecule has 0 radical (unpaired) electrons. The lowest BCUT2D eigenvalue weighted by molar-refractivity contribution is -0.767. The molecule has 1 heterocycles. The van der Waals surface area contributed by atoms with E-state index in [9.17, 15) is 32.9 Å². The third kappa shape index (κ3) is 7.14. The average molecular weight is 512 g/mol. The molecule has 0 fully saturated rings. The molecule has 188 valence electrons. The summed E-state index contributed by atoms with van der Waals surface area (Å²) in [6.07, 6.45) is -9.15. The summed E-state index contributed by atoms with van der Waals surface area (Å²) < 4.78 is 59.4. The van der Waals surface area contributed by atoms with Gasteiger partial charge in [0, 0.05) is 10.6 Å². The van der Waals surface area contributed by atoms with Gasteiger partial charge in [-0.3, -0.25) is 0 Å². The summed E-state index contributed by atoms with van der Waals surface area (Å²) in [7, 11) is 0. The molecule has 0 aromatic heterocycles. The number of nitrogens with zero attached hydrogens (tertiary/aromatic N) is 1. The Hall–Kier alpha value is -3.22. The molecule has 1 aliphatic heterocycles. The molecule has 0 spiro atoms. The lowest BCUT2D eigenvalue weighted by Crippen LogP contribution is -2.41. The lowest BCUT2D eigenvalue weighted by atomic mass is 9.85. The highest BCUT2D eigenvalue weighted by atomic mass is 35.5. The van der Waals surface area contributed by atoms with Gasteiger partial charge in [0.25, 0.3) is 5.09 Å². The molecular weight excluding hydrogens is 491 g/mol. The van der Waals surface area contributed by atoms with Gasteiger partial charge in [0.1, 0.15) is 18.5 Å². The Morgan fingerprint density at radius 1 is 1.21 bits per heavy atom. The lowest BCUT2D eigenvalue weighted by Gasteiger charge is -2.30. The Morgan fingerprint density at radius 3 is 2.41 bits per heavy atom. The van der Waals surface area contributed by atoms with Gasteiger partial charge in [0.05, 0.1) is 5.57 Å². The monoisotopic (exact) mass is 511 g/mol. The minimum Gasteiger partial charge on any atom is -0.475 e. The van der Waals surface area contributed by atoms with Crippen LogP contribution in [0.15, 0.2) is 17.7 Å². The SMILES string of the molecule is C[C@@H](COC(=O)OCOC(=O)C1=Cc2cc(Cl)c(C(C)(C)C)cc2OC1C(F)(F)F)O[N+](=O)[O-].